The number of hydrogen-bond donors (Lipinski definition) is 2. The summed E-state index contributed by atoms with van der Waals surface area (Å²) in [7, 11) is 1.92. The number of imidazole rings is 1. The standard InChI is InChI=1S/C26H21Cl2N5O/c1-33-16-31-24-13-21(22(28)14-25(24)33)17-5-4-6-20(12-17)32-26(34)18-7-8-23(19(11-18)15-29)30-10-3-2-9-27/h2-8,11-14,16,30H,9-10H2,1H3,(H,32,34)/b3-2+. The summed E-state index contributed by atoms with van der Waals surface area (Å²) in [6, 6.07) is 18.4. The molecular weight excluding hydrogens is 469 g/mol. The Bertz CT molecular complexity index is 1440. The van der Waals surface area contributed by atoms with Gasteiger partial charge < -0.3 is 15.2 Å². The molecule has 0 aliphatic carbocycles. The number of nitrogens with one attached hydrogen (secondary N) is 2. The summed E-state index contributed by atoms with van der Waals surface area (Å²) in [5.74, 6) is 0.116. The van der Waals surface area contributed by atoms with E-state index in [-0.39, 0.29) is 5.91 Å². The normalized spacial score (nSPS) is 11.0. The minimum atomic E-state index is -0.312. The Morgan fingerprint density at radius 1 is 1.18 bits per heavy atom. The van der Waals surface area contributed by atoms with Crippen LogP contribution in [0.25, 0.3) is 22.2 Å². The largest absolute Gasteiger partial charge is 0.381 e. The van der Waals surface area contributed by atoms with Crippen molar-refractivity contribution in [3.63, 3.8) is 0 Å². The summed E-state index contributed by atoms with van der Waals surface area (Å²) < 4.78 is 1.91. The van der Waals surface area contributed by atoms with Gasteiger partial charge in [-0.2, -0.15) is 5.26 Å². The lowest BCUT2D eigenvalue weighted by molar-refractivity contribution is 0.102. The van der Waals surface area contributed by atoms with Crippen LogP contribution < -0.4 is 10.6 Å². The number of amides is 1. The summed E-state index contributed by atoms with van der Waals surface area (Å²) in [4.78, 5) is 17.3. The third-order valence-electron chi connectivity index (χ3n) is 5.31. The highest BCUT2D eigenvalue weighted by Gasteiger charge is 2.12. The first-order valence-electron chi connectivity index (χ1n) is 10.5. The predicted octanol–water partition coefficient (Wildman–Crippen LogP) is 6.22. The van der Waals surface area contributed by atoms with E-state index in [1.54, 1.807) is 30.6 Å². The molecule has 1 amide bonds. The molecule has 1 aromatic heterocycles. The topological polar surface area (TPSA) is 82.7 Å². The van der Waals surface area contributed by atoms with Crippen molar-refractivity contribution in [1.29, 1.82) is 5.26 Å². The van der Waals surface area contributed by atoms with E-state index in [4.69, 9.17) is 23.2 Å². The number of rotatable bonds is 7. The maximum atomic E-state index is 12.9. The Balaban J connectivity index is 1.54. The number of fused-ring (bicyclic) bond motifs is 1. The number of aryl methyl sites for hydroxylation is 1. The van der Waals surface area contributed by atoms with Crippen molar-refractivity contribution < 1.29 is 4.79 Å². The van der Waals surface area contributed by atoms with Crippen molar-refractivity contribution in [2.45, 2.75) is 0 Å². The lowest BCUT2D eigenvalue weighted by Crippen LogP contribution is -2.12. The number of alkyl halides is 1. The van der Waals surface area contributed by atoms with Gasteiger partial charge in [-0.25, -0.2) is 4.98 Å². The average Bonchev–Trinajstić information content (AvgIpc) is 3.20. The maximum absolute atomic E-state index is 12.9. The highest BCUT2D eigenvalue weighted by molar-refractivity contribution is 6.34. The summed E-state index contributed by atoms with van der Waals surface area (Å²) in [6.45, 7) is 0.534. The van der Waals surface area contributed by atoms with Crippen molar-refractivity contribution in [3.05, 3.63) is 89.2 Å². The minimum absolute atomic E-state index is 0.312. The van der Waals surface area contributed by atoms with Crippen LogP contribution in [-0.2, 0) is 7.05 Å². The molecule has 3 aromatic carbocycles. The average molecular weight is 490 g/mol. The molecule has 0 atom stereocenters. The van der Waals surface area contributed by atoms with Crippen molar-refractivity contribution in [3.8, 4) is 17.2 Å². The lowest BCUT2D eigenvalue weighted by atomic mass is 10.0. The molecule has 0 spiro atoms. The zero-order valence-electron chi connectivity index (χ0n) is 18.3. The Morgan fingerprint density at radius 3 is 2.82 bits per heavy atom. The molecule has 2 N–H and O–H groups in total. The van der Waals surface area contributed by atoms with Gasteiger partial charge in [-0.05, 0) is 48.0 Å². The molecule has 6 nitrogen and oxygen atoms in total. The zero-order chi connectivity index (χ0) is 24.1. The third kappa shape index (κ3) is 5.07. The molecule has 0 unspecified atom stereocenters. The number of benzene rings is 3. The van der Waals surface area contributed by atoms with Gasteiger partial charge in [-0.1, -0.05) is 35.9 Å². The number of halogens is 2. The molecule has 8 heteroatoms. The van der Waals surface area contributed by atoms with Crippen molar-refractivity contribution >= 4 is 51.5 Å². The van der Waals surface area contributed by atoms with Crippen LogP contribution in [0.4, 0.5) is 11.4 Å². The number of anilines is 2. The zero-order valence-corrected chi connectivity index (χ0v) is 19.9. The van der Waals surface area contributed by atoms with Crippen LogP contribution in [0.3, 0.4) is 0 Å². The van der Waals surface area contributed by atoms with Gasteiger partial charge in [0.2, 0.25) is 0 Å². The van der Waals surface area contributed by atoms with E-state index in [1.165, 1.54) is 0 Å². The van der Waals surface area contributed by atoms with E-state index in [0.29, 0.717) is 39.9 Å². The molecule has 4 aromatic rings. The number of allylic oxidation sites excluding steroid dienone is 1. The first kappa shape index (κ1) is 23.4. The molecule has 0 bridgehead atoms. The smallest absolute Gasteiger partial charge is 0.255 e. The lowest BCUT2D eigenvalue weighted by Gasteiger charge is -2.11. The van der Waals surface area contributed by atoms with Gasteiger partial charge in [0.1, 0.15) is 6.07 Å². The van der Waals surface area contributed by atoms with Crippen LogP contribution in [0, 0.1) is 11.3 Å². The summed E-state index contributed by atoms with van der Waals surface area (Å²) in [5, 5.41) is 16.1. The molecule has 0 saturated heterocycles. The monoisotopic (exact) mass is 489 g/mol. The second-order valence-electron chi connectivity index (χ2n) is 7.59. The summed E-state index contributed by atoms with van der Waals surface area (Å²) in [5.41, 5.74) is 5.51. The molecule has 0 aliphatic heterocycles. The highest BCUT2D eigenvalue weighted by Crippen LogP contribution is 2.33. The van der Waals surface area contributed by atoms with E-state index < -0.39 is 0 Å². The number of carbonyl (C=O) groups excluding carboxylic acids is 1. The fraction of sp³-hybridized carbons (Fsp3) is 0.115. The fourth-order valence-corrected chi connectivity index (χ4v) is 3.98. The van der Waals surface area contributed by atoms with Gasteiger partial charge in [0, 0.05) is 36.3 Å². The van der Waals surface area contributed by atoms with E-state index in [9.17, 15) is 10.1 Å². The molecule has 170 valence electrons. The predicted molar refractivity (Wildman–Crippen MR) is 139 cm³/mol. The van der Waals surface area contributed by atoms with Crippen LogP contribution >= 0.6 is 23.2 Å². The van der Waals surface area contributed by atoms with Crippen molar-refractivity contribution in [2.75, 3.05) is 23.1 Å². The van der Waals surface area contributed by atoms with Gasteiger partial charge >= 0.3 is 0 Å². The molecule has 1 heterocycles. The Hall–Kier alpha value is -3.79. The summed E-state index contributed by atoms with van der Waals surface area (Å²) >= 11 is 12.2. The quantitative estimate of drug-likeness (QED) is 0.238. The van der Waals surface area contributed by atoms with Crippen molar-refractivity contribution in [2.24, 2.45) is 7.05 Å². The van der Waals surface area contributed by atoms with Crippen LogP contribution in [-0.4, -0.2) is 27.9 Å². The van der Waals surface area contributed by atoms with E-state index in [0.717, 1.165) is 22.2 Å². The highest BCUT2D eigenvalue weighted by atomic mass is 35.5. The number of aromatic nitrogens is 2. The second-order valence-corrected chi connectivity index (χ2v) is 8.31. The van der Waals surface area contributed by atoms with E-state index >= 15 is 0 Å². The molecule has 4 rings (SSSR count). The van der Waals surface area contributed by atoms with Crippen LogP contribution in [0.15, 0.2) is 73.1 Å². The van der Waals surface area contributed by atoms with Crippen LogP contribution in [0.5, 0.6) is 0 Å². The number of nitrogens with zero attached hydrogens (tertiary/aromatic N) is 3. The Morgan fingerprint density at radius 2 is 2.03 bits per heavy atom. The Kier molecular flexibility index (Phi) is 7.17. The van der Waals surface area contributed by atoms with E-state index in [1.807, 2.05) is 54.1 Å². The molecule has 0 radical (unpaired) electrons. The SMILES string of the molecule is Cn1cnc2cc(-c3cccc(NC(=O)c4ccc(NC/C=C/CCl)c(C#N)c4)c3)c(Cl)cc21. The fourth-order valence-electron chi connectivity index (χ4n) is 3.58. The minimum Gasteiger partial charge on any atom is -0.381 e. The van der Waals surface area contributed by atoms with E-state index in [2.05, 4.69) is 21.7 Å². The second kappa shape index (κ2) is 10.4. The first-order valence-corrected chi connectivity index (χ1v) is 11.4. The first-order chi connectivity index (χ1) is 16.5. The maximum Gasteiger partial charge on any atom is 0.255 e. The van der Waals surface area contributed by atoms with Crippen LogP contribution in [0.1, 0.15) is 15.9 Å². The third-order valence-corrected chi connectivity index (χ3v) is 5.80. The number of nitriles is 1. The van der Waals surface area contributed by atoms with Gasteiger partial charge in [0.15, 0.2) is 0 Å². The van der Waals surface area contributed by atoms with Gasteiger partial charge in [0.25, 0.3) is 5.91 Å². The molecular formula is C26H21Cl2N5O. The number of hydrogen-bond acceptors (Lipinski definition) is 4. The summed E-state index contributed by atoms with van der Waals surface area (Å²) in [6.07, 6.45) is 5.44. The molecule has 0 aliphatic rings. The van der Waals surface area contributed by atoms with Crippen molar-refractivity contribution in [1.82, 2.24) is 9.55 Å². The van der Waals surface area contributed by atoms with Crippen LogP contribution in [0.2, 0.25) is 5.02 Å². The van der Waals surface area contributed by atoms with Gasteiger partial charge in [-0.3, -0.25) is 4.79 Å². The molecule has 34 heavy (non-hydrogen) atoms. The number of carbonyl (C=O) groups is 1. The van der Waals surface area contributed by atoms with Gasteiger partial charge in [-0.15, -0.1) is 11.6 Å². The Labute approximate surface area is 207 Å². The molecule has 0 saturated carbocycles. The van der Waals surface area contributed by atoms with Gasteiger partial charge in [0.05, 0.1) is 33.6 Å². The molecule has 0 fully saturated rings.